The van der Waals surface area contributed by atoms with Crippen molar-refractivity contribution in [2.45, 2.75) is 33.1 Å². The normalized spacial score (nSPS) is 26.4. The lowest BCUT2D eigenvalue weighted by molar-refractivity contribution is -0.126. The van der Waals surface area contributed by atoms with E-state index < -0.39 is 0 Å². The van der Waals surface area contributed by atoms with E-state index in [2.05, 4.69) is 18.7 Å². The van der Waals surface area contributed by atoms with Crippen molar-refractivity contribution in [2.75, 3.05) is 33.4 Å². The van der Waals surface area contributed by atoms with Gasteiger partial charge in [0.25, 0.3) is 0 Å². The average molecular weight is 227 g/mol. The first-order valence-electron chi connectivity index (χ1n) is 6.41. The number of methoxy groups -OCH3 is 1. The third-order valence-corrected chi connectivity index (χ3v) is 3.56. The van der Waals surface area contributed by atoms with Gasteiger partial charge in [-0.3, -0.25) is 4.79 Å². The van der Waals surface area contributed by atoms with Gasteiger partial charge in [-0.1, -0.05) is 13.8 Å². The average Bonchev–Trinajstić information content (AvgIpc) is 2.28. The minimum absolute atomic E-state index is 0.264. The lowest BCUT2D eigenvalue weighted by Crippen LogP contribution is -2.37. The van der Waals surface area contributed by atoms with Crippen molar-refractivity contribution in [1.29, 1.82) is 0 Å². The highest BCUT2D eigenvalue weighted by atomic mass is 16.5. The summed E-state index contributed by atoms with van der Waals surface area (Å²) < 4.78 is 5.08. The van der Waals surface area contributed by atoms with Crippen LogP contribution >= 0.6 is 0 Å². The molecule has 0 aliphatic heterocycles. The molecule has 0 bridgehead atoms. The first-order valence-corrected chi connectivity index (χ1v) is 6.41. The van der Waals surface area contributed by atoms with Crippen molar-refractivity contribution in [3.63, 3.8) is 0 Å². The van der Waals surface area contributed by atoms with Crippen molar-refractivity contribution in [3.8, 4) is 0 Å². The molecule has 2 atom stereocenters. The Morgan fingerprint density at radius 3 is 2.88 bits per heavy atom. The van der Waals surface area contributed by atoms with E-state index in [9.17, 15) is 4.79 Å². The number of ether oxygens (including phenoxy) is 1. The van der Waals surface area contributed by atoms with Crippen LogP contribution in [0.2, 0.25) is 0 Å². The smallest absolute Gasteiger partial charge is 0.137 e. The fourth-order valence-corrected chi connectivity index (χ4v) is 2.41. The lowest BCUT2D eigenvalue weighted by Gasteiger charge is -2.30. The van der Waals surface area contributed by atoms with Crippen LogP contribution in [0.4, 0.5) is 0 Å². The molecule has 1 fully saturated rings. The summed E-state index contributed by atoms with van der Waals surface area (Å²) in [5.41, 5.74) is 0. The van der Waals surface area contributed by atoms with Crippen LogP contribution in [0.3, 0.4) is 0 Å². The van der Waals surface area contributed by atoms with Gasteiger partial charge in [0, 0.05) is 32.5 Å². The van der Waals surface area contributed by atoms with Crippen LogP contribution in [0.5, 0.6) is 0 Å². The number of ketones is 1. The van der Waals surface area contributed by atoms with Gasteiger partial charge < -0.3 is 9.64 Å². The second-order valence-electron chi connectivity index (χ2n) is 4.93. The summed E-state index contributed by atoms with van der Waals surface area (Å²) in [4.78, 5) is 14.1. The Kier molecular flexibility index (Phi) is 5.99. The van der Waals surface area contributed by atoms with Crippen molar-refractivity contribution in [3.05, 3.63) is 0 Å². The highest BCUT2D eigenvalue weighted by molar-refractivity contribution is 5.81. The summed E-state index contributed by atoms with van der Waals surface area (Å²) in [6.45, 7) is 8.01. The Labute approximate surface area is 99.1 Å². The second-order valence-corrected chi connectivity index (χ2v) is 4.93. The zero-order valence-corrected chi connectivity index (χ0v) is 10.9. The van der Waals surface area contributed by atoms with Crippen LogP contribution in [0.25, 0.3) is 0 Å². The summed E-state index contributed by atoms with van der Waals surface area (Å²) in [5, 5.41) is 0. The quantitative estimate of drug-likeness (QED) is 0.694. The van der Waals surface area contributed by atoms with E-state index in [0.717, 1.165) is 45.5 Å². The summed E-state index contributed by atoms with van der Waals surface area (Å²) in [5.74, 6) is 1.44. The maximum Gasteiger partial charge on any atom is 0.137 e. The molecule has 0 aromatic heterocycles. The molecule has 1 aliphatic rings. The lowest BCUT2D eigenvalue weighted by atomic mass is 9.81. The van der Waals surface area contributed by atoms with Gasteiger partial charge in [0.2, 0.25) is 0 Å². The van der Waals surface area contributed by atoms with E-state index in [1.54, 1.807) is 7.11 Å². The van der Waals surface area contributed by atoms with Crippen molar-refractivity contribution in [2.24, 2.45) is 11.8 Å². The molecular formula is C13H25NO2. The number of hydrogen-bond acceptors (Lipinski definition) is 3. The minimum Gasteiger partial charge on any atom is -0.383 e. The van der Waals surface area contributed by atoms with Gasteiger partial charge in [-0.05, 0) is 25.3 Å². The molecule has 1 aliphatic carbocycles. The number of likely N-dealkylation sites (N-methyl/N-ethyl adjacent to an activating group) is 1. The highest BCUT2D eigenvalue weighted by Gasteiger charge is 2.27. The number of carbonyl (C=O) groups is 1. The predicted octanol–water partition coefficient (Wildman–Crippen LogP) is 1.96. The number of Topliss-reactive ketones (excluding diaryl/α,β-unsaturated/α-hetero) is 1. The molecule has 0 radical (unpaired) electrons. The van der Waals surface area contributed by atoms with Crippen molar-refractivity contribution >= 4 is 5.78 Å². The molecule has 16 heavy (non-hydrogen) atoms. The summed E-state index contributed by atoms with van der Waals surface area (Å²) in [7, 11) is 1.72. The molecule has 0 spiro atoms. The monoisotopic (exact) mass is 227 g/mol. The number of rotatable bonds is 6. The summed E-state index contributed by atoms with van der Waals surface area (Å²) in [6, 6.07) is 0. The number of nitrogens with zero attached hydrogens (tertiary/aromatic N) is 1. The fourth-order valence-electron chi connectivity index (χ4n) is 2.41. The molecule has 94 valence electrons. The van der Waals surface area contributed by atoms with Crippen LogP contribution in [0, 0.1) is 11.8 Å². The third kappa shape index (κ3) is 4.22. The Balaban J connectivity index is 2.39. The number of carbonyl (C=O) groups excluding carboxylic acids is 1. The SMILES string of the molecule is CCN(CCOC)CC1CC(C)CCC1=O. The first-order chi connectivity index (χ1) is 7.67. The van der Waals surface area contributed by atoms with E-state index in [0.29, 0.717) is 11.7 Å². The Morgan fingerprint density at radius 1 is 1.50 bits per heavy atom. The van der Waals surface area contributed by atoms with Crippen LogP contribution < -0.4 is 0 Å². The van der Waals surface area contributed by atoms with Crippen molar-refractivity contribution in [1.82, 2.24) is 4.90 Å². The molecule has 0 N–H and O–H groups in total. The minimum atomic E-state index is 0.264. The summed E-state index contributed by atoms with van der Waals surface area (Å²) >= 11 is 0. The molecule has 0 saturated heterocycles. The molecule has 0 aromatic carbocycles. The van der Waals surface area contributed by atoms with Gasteiger partial charge in [-0.25, -0.2) is 0 Å². The Morgan fingerprint density at radius 2 is 2.25 bits per heavy atom. The second kappa shape index (κ2) is 7.02. The molecule has 3 heteroatoms. The fraction of sp³-hybridized carbons (Fsp3) is 0.923. The molecule has 1 rings (SSSR count). The molecule has 0 heterocycles. The van der Waals surface area contributed by atoms with Crippen LogP contribution in [0.1, 0.15) is 33.1 Å². The molecule has 1 saturated carbocycles. The van der Waals surface area contributed by atoms with Gasteiger partial charge in [-0.2, -0.15) is 0 Å². The van der Waals surface area contributed by atoms with Gasteiger partial charge in [-0.15, -0.1) is 0 Å². The van der Waals surface area contributed by atoms with Gasteiger partial charge in [0.1, 0.15) is 5.78 Å². The predicted molar refractivity (Wildman–Crippen MR) is 65.5 cm³/mol. The van der Waals surface area contributed by atoms with E-state index in [-0.39, 0.29) is 5.92 Å². The van der Waals surface area contributed by atoms with Gasteiger partial charge in [0.05, 0.1) is 6.61 Å². The van der Waals surface area contributed by atoms with E-state index in [4.69, 9.17) is 4.74 Å². The number of hydrogen-bond donors (Lipinski definition) is 0. The van der Waals surface area contributed by atoms with E-state index in [1.165, 1.54) is 0 Å². The topological polar surface area (TPSA) is 29.5 Å². The highest BCUT2D eigenvalue weighted by Crippen LogP contribution is 2.26. The van der Waals surface area contributed by atoms with E-state index in [1.807, 2.05) is 0 Å². The van der Waals surface area contributed by atoms with Crippen LogP contribution in [0.15, 0.2) is 0 Å². The Bertz CT molecular complexity index is 218. The van der Waals surface area contributed by atoms with Gasteiger partial charge in [0.15, 0.2) is 0 Å². The molecule has 0 amide bonds. The molecular weight excluding hydrogens is 202 g/mol. The van der Waals surface area contributed by atoms with Gasteiger partial charge >= 0.3 is 0 Å². The first kappa shape index (κ1) is 13.7. The molecule has 0 aromatic rings. The largest absolute Gasteiger partial charge is 0.383 e. The maximum atomic E-state index is 11.8. The van der Waals surface area contributed by atoms with E-state index >= 15 is 0 Å². The third-order valence-electron chi connectivity index (χ3n) is 3.56. The standard InChI is InChI=1S/C13H25NO2/c1-4-14(7-8-16-3)10-12-9-11(2)5-6-13(12)15/h11-12H,4-10H2,1-3H3. The summed E-state index contributed by atoms with van der Waals surface area (Å²) in [6.07, 6.45) is 2.94. The van der Waals surface area contributed by atoms with Crippen LogP contribution in [-0.2, 0) is 9.53 Å². The van der Waals surface area contributed by atoms with Crippen LogP contribution in [-0.4, -0.2) is 44.0 Å². The Hall–Kier alpha value is -0.410. The van der Waals surface area contributed by atoms with Crippen molar-refractivity contribution < 1.29 is 9.53 Å². The molecule has 3 nitrogen and oxygen atoms in total. The molecule has 2 unspecified atom stereocenters. The zero-order chi connectivity index (χ0) is 12.0. The zero-order valence-electron chi connectivity index (χ0n) is 10.9. The maximum absolute atomic E-state index is 11.8.